The molecule has 0 fully saturated rings. The number of sulfone groups is 1. The lowest BCUT2D eigenvalue weighted by Crippen LogP contribution is -2.07. The van der Waals surface area contributed by atoms with Crippen molar-refractivity contribution in [3.63, 3.8) is 0 Å². The average Bonchev–Trinajstić information content (AvgIpc) is 2.99. The van der Waals surface area contributed by atoms with E-state index in [1.165, 1.54) is 6.07 Å². The van der Waals surface area contributed by atoms with Crippen LogP contribution >= 0.6 is 15.9 Å². The molecular formula is C17H11BrF4N2O2S. The summed E-state index contributed by atoms with van der Waals surface area (Å²) in [7, 11) is -3.81. The first-order chi connectivity index (χ1) is 12.5. The van der Waals surface area contributed by atoms with Crippen molar-refractivity contribution >= 4 is 25.8 Å². The zero-order valence-corrected chi connectivity index (χ0v) is 16.0. The van der Waals surface area contributed by atoms with Crippen LogP contribution < -0.4 is 0 Å². The fourth-order valence-electron chi connectivity index (χ4n) is 2.52. The van der Waals surface area contributed by atoms with Crippen molar-refractivity contribution in [2.24, 2.45) is 0 Å². The third-order valence-corrected chi connectivity index (χ3v) is 5.31. The van der Waals surface area contributed by atoms with Crippen molar-refractivity contribution in [1.29, 1.82) is 0 Å². The van der Waals surface area contributed by atoms with Crippen LogP contribution in [-0.4, -0.2) is 24.6 Å². The minimum absolute atomic E-state index is 0.0154. The van der Waals surface area contributed by atoms with Gasteiger partial charge >= 0.3 is 6.18 Å². The van der Waals surface area contributed by atoms with E-state index in [0.717, 1.165) is 18.4 Å². The molecule has 4 nitrogen and oxygen atoms in total. The predicted octanol–water partition coefficient (Wildman–Crippen LogP) is 5.07. The van der Waals surface area contributed by atoms with Crippen LogP contribution in [0.1, 0.15) is 5.82 Å². The topological polar surface area (TPSA) is 62.8 Å². The number of alkyl halides is 3. The molecule has 2 aromatic carbocycles. The Morgan fingerprint density at radius 1 is 1.07 bits per heavy atom. The summed E-state index contributed by atoms with van der Waals surface area (Å²) in [6.07, 6.45) is -3.89. The van der Waals surface area contributed by atoms with Gasteiger partial charge in [-0.05, 0) is 24.3 Å². The summed E-state index contributed by atoms with van der Waals surface area (Å²) < 4.78 is 77.4. The molecule has 0 atom stereocenters. The van der Waals surface area contributed by atoms with Crippen molar-refractivity contribution in [3.8, 4) is 22.5 Å². The number of hydrogen-bond acceptors (Lipinski definition) is 3. The Kier molecular flexibility index (Phi) is 4.89. The molecule has 0 amide bonds. The van der Waals surface area contributed by atoms with Gasteiger partial charge in [0.2, 0.25) is 5.82 Å². The van der Waals surface area contributed by atoms with Gasteiger partial charge in [0, 0.05) is 21.9 Å². The third-order valence-electron chi connectivity index (χ3n) is 3.69. The highest BCUT2D eigenvalue weighted by molar-refractivity contribution is 9.10. The molecule has 0 spiro atoms. The third kappa shape index (κ3) is 4.06. The van der Waals surface area contributed by atoms with Crippen LogP contribution in [0.15, 0.2) is 51.8 Å². The van der Waals surface area contributed by atoms with Gasteiger partial charge in [-0.3, -0.25) is 0 Å². The highest BCUT2D eigenvalue weighted by Crippen LogP contribution is 2.37. The van der Waals surface area contributed by atoms with E-state index in [-0.39, 0.29) is 17.0 Å². The molecular weight excluding hydrogens is 452 g/mol. The molecule has 3 aromatic rings. The first-order valence-corrected chi connectivity index (χ1v) is 10.1. The van der Waals surface area contributed by atoms with E-state index in [1.54, 1.807) is 24.3 Å². The number of aromatic amines is 1. The van der Waals surface area contributed by atoms with E-state index in [1.807, 2.05) is 0 Å². The van der Waals surface area contributed by atoms with Crippen LogP contribution in [0, 0.1) is 5.82 Å². The standard InChI is InChI=1S/C17H11BrF4N2O2S/c1-27(25,26)13-6-5-10(8-12(13)19)15-14(9-3-2-4-11(18)7-9)23-16(24-15)17(20,21)22/h2-8H,1H3,(H,23,24). The Balaban J connectivity index is 2.23. The molecule has 27 heavy (non-hydrogen) atoms. The molecule has 10 heteroatoms. The second-order valence-corrected chi connectivity index (χ2v) is 8.63. The molecule has 0 saturated heterocycles. The Morgan fingerprint density at radius 2 is 1.78 bits per heavy atom. The lowest BCUT2D eigenvalue weighted by molar-refractivity contribution is -0.144. The molecule has 1 aromatic heterocycles. The van der Waals surface area contributed by atoms with Gasteiger partial charge in [0.05, 0.1) is 11.4 Å². The van der Waals surface area contributed by atoms with Crippen molar-refractivity contribution in [2.75, 3.05) is 6.26 Å². The van der Waals surface area contributed by atoms with E-state index < -0.39 is 32.6 Å². The van der Waals surface area contributed by atoms with Gasteiger partial charge in [0.15, 0.2) is 9.84 Å². The smallest absolute Gasteiger partial charge is 0.334 e. The maximum Gasteiger partial charge on any atom is 0.449 e. The summed E-state index contributed by atoms with van der Waals surface area (Å²) in [5.74, 6) is -2.30. The molecule has 0 radical (unpaired) electrons. The minimum atomic E-state index is -4.73. The van der Waals surface area contributed by atoms with Crippen LogP contribution in [0.5, 0.6) is 0 Å². The van der Waals surface area contributed by atoms with Crippen LogP contribution in [0.4, 0.5) is 17.6 Å². The Morgan fingerprint density at radius 3 is 2.33 bits per heavy atom. The van der Waals surface area contributed by atoms with E-state index in [4.69, 9.17) is 0 Å². The average molecular weight is 463 g/mol. The molecule has 3 rings (SSSR count). The van der Waals surface area contributed by atoms with Crippen molar-refractivity contribution in [2.45, 2.75) is 11.1 Å². The van der Waals surface area contributed by atoms with E-state index in [0.29, 0.717) is 10.0 Å². The largest absolute Gasteiger partial charge is 0.449 e. The van der Waals surface area contributed by atoms with Gasteiger partial charge in [0.1, 0.15) is 10.7 Å². The summed E-state index contributed by atoms with van der Waals surface area (Å²) in [5.41, 5.74) is 0.311. The van der Waals surface area contributed by atoms with E-state index in [9.17, 15) is 26.0 Å². The van der Waals surface area contributed by atoms with Crippen molar-refractivity contribution < 1.29 is 26.0 Å². The Hall–Kier alpha value is -2.20. The number of halogens is 5. The summed E-state index contributed by atoms with van der Waals surface area (Å²) in [5, 5.41) is 0. The zero-order chi connectivity index (χ0) is 20.0. The number of rotatable bonds is 3. The van der Waals surface area contributed by atoms with Crippen LogP contribution in [0.2, 0.25) is 0 Å². The number of hydrogen-bond donors (Lipinski definition) is 1. The summed E-state index contributed by atoms with van der Waals surface area (Å²) in [4.78, 5) is 5.27. The molecule has 0 aliphatic carbocycles. The number of aromatic nitrogens is 2. The van der Waals surface area contributed by atoms with Crippen LogP contribution in [-0.2, 0) is 16.0 Å². The molecule has 0 aliphatic heterocycles. The molecule has 1 N–H and O–H groups in total. The lowest BCUT2D eigenvalue weighted by Gasteiger charge is -2.06. The quantitative estimate of drug-likeness (QED) is 0.552. The lowest BCUT2D eigenvalue weighted by atomic mass is 10.1. The van der Waals surface area contributed by atoms with Gasteiger partial charge in [-0.25, -0.2) is 17.8 Å². The van der Waals surface area contributed by atoms with E-state index in [2.05, 4.69) is 25.9 Å². The maximum absolute atomic E-state index is 14.2. The van der Waals surface area contributed by atoms with Crippen LogP contribution in [0.3, 0.4) is 0 Å². The molecule has 142 valence electrons. The SMILES string of the molecule is CS(=O)(=O)c1ccc(-c2nc(C(F)(F)F)[nH]c2-c2cccc(Br)c2)cc1F. The van der Waals surface area contributed by atoms with Crippen molar-refractivity contribution in [1.82, 2.24) is 9.97 Å². The highest BCUT2D eigenvalue weighted by atomic mass is 79.9. The highest BCUT2D eigenvalue weighted by Gasteiger charge is 2.36. The Bertz CT molecular complexity index is 1120. The number of nitrogens with zero attached hydrogens (tertiary/aromatic N) is 1. The first-order valence-electron chi connectivity index (χ1n) is 7.40. The number of H-pyrrole nitrogens is 1. The van der Waals surface area contributed by atoms with Gasteiger partial charge < -0.3 is 4.98 Å². The first kappa shape index (κ1) is 19.6. The molecule has 0 saturated carbocycles. The second kappa shape index (κ2) is 6.75. The molecule has 0 bridgehead atoms. The van der Waals surface area contributed by atoms with Gasteiger partial charge in [-0.15, -0.1) is 0 Å². The van der Waals surface area contributed by atoms with E-state index >= 15 is 0 Å². The molecule has 0 aliphatic rings. The summed E-state index contributed by atoms with van der Waals surface area (Å²) in [6, 6.07) is 9.56. The van der Waals surface area contributed by atoms with Gasteiger partial charge in [-0.2, -0.15) is 13.2 Å². The zero-order valence-electron chi connectivity index (χ0n) is 13.6. The van der Waals surface area contributed by atoms with Gasteiger partial charge in [-0.1, -0.05) is 34.1 Å². The minimum Gasteiger partial charge on any atom is -0.334 e. The number of imidazole rings is 1. The normalized spacial score (nSPS) is 12.4. The monoisotopic (exact) mass is 462 g/mol. The summed E-state index contributed by atoms with van der Waals surface area (Å²) >= 11 is 3.25. The molecule has 0 unspecified atom stereocenters. The second-order valence-electron chi connectivity index (χ2n) is 5.73. The van der Waals surface area contributed by atoms with Crippen molar-refractivity contribution in [3.05, 3.63) is 58.6 Å². The number of nitrogens with one attached hydrogen (secondary N) is 1. The van der Waals surface area contributed by atoms with Gasteiger partial charge in [0.25, 0.3) is 0 Å². The van der Waals surface area contributed by atoms with Crippen LogP contribution in [0.25, 0.3) is 22.5 Å². The Labute approximate surface area is 160 Å². The maximum atomic E-state index is 14.2. The number of benzene rings is 2. The molecule has 1 heterocycles. The fourth-order valence-corrected chi connectivity index (χ4v) is 3.65. The summed E-state index contributed by atoms with van der Waals surface area (Å²) in [6.45, 7) is 0. The predicted molar refractivity (Wildman–Crippen MR) is 95.2 cm³/mol. The fraction of sp³-hybridized carbons (Fsp3) is 0.118.